The molecule has 2 aliphatic rings. The maximum Gasteiger partial charge on any atom is 0.128 e. The van der Waals surface area contributed by atoms with Crippen molar-refractivity contribution in [2.45, 2.75) is 56.5 Å². The van der Waals surface area contributed by atoms with Crippen LogP contribution in [0.2, 0.25) is 0 Å². The van der Waals surface area contributed by atoms with Crippen LogP contribution in [0, 0.1) is 0 Å². The largest absolute Gasteiger partial charge is 0.383 e. The minimum absolute atomic E-state index is 0.0619. The highest BCUT2D eigenvalue weighted by Gasteiger charge is 2.47. The third-order valence-corrected chi connectivity index (χ3v) is 5.34. The Labute approximate surface area is 127 Å². The topological polar surface area (TPSA) is 80.2 Å². The summed E-state index contributed by atoms with van der Waals surface area (Å²) >= 11 is 0. The number of aromatic nitrogens is 1. The van der Waals surface area contributed by atoms with Gasteiger partial charge in [0.05, 0.1) is 6.04 Å². The average molecular weight is 289 g/mol. The Kier molecular flexibility index (Phi) is 4.42. The highest BCUT2D eigenvalue weighted by molar-refractivity contribution is 5.43. The molecule has 5 heteroatoms. The molecule has 5 N–H and O–H groups in total. The molecule has 1 aromatic rings. The number of nitrogens with two attached hydrogens (primary N) is 2. The second kappa shape index (κ2) is 6.30. The fourth-order valence-corrected chi connectivity index (χ4v) is 4.32. The third-order valence-electron chi connectivity index (χ3n) is 5.34. The number of piperidine rings is 1. The second-order valence-electron chi connectivity index (χ2n) is 6.44. The van der Waals surface area contributed by atoms with Crippen LogP contribution in [0.1, 0.15) is 56.6 Å². The van der Waals surface area contributed by atoms with Gasteiger partial charge in [0, 0.05) is 17.3 Å². The fraction of sp³-hybridized carbons (Fsp3) is 0.688. The van der Waals surface area contributed by atoms with Crippen LogP contribution in [0.5, 0.6) is 0 Å². The molecule has 21 heavy (non-hydrogen) atoms. The molecule has 3 rings (SSSR count). The van der Waals surface area contributed by atoms with Crippen molar-refractivity contribution in [1.82, 2.24) is 15.3 Å². The zero-order chi connectivity index (χ0) is 14.7. The Morgan fingerprint density at radius 3 is 2.48 bits per heavy atom. The van der Waals surface area contributed by atoms with E-state index in [4.69, 9.17) is 11.6 Å². The van der Waals surface area contributed by atoms with E-state index in [1.165, 1.54) is 58.0 Å². The number of hydrogen-bond acceptors (Lipinski definition) is 5. The molecule has 116 valence electrons. The van der Waals surface area contributed by atoms with Crippen molar-refractivity contribution in [3.8, 4) is 0 Å². The Morgan fingerprint density at radius 1 is 1.14 bits per heavy atom. The molecule has 1 aliphatic heterocycles. The van der Waals surface area contributed by atoms with Crippen LogP contribution in [-0.2, 0) is 0 Å². The van der Waals surface area contributed by atoms with Crippen molar-refractivity contribution in [3.05, 3.63) is 23.9 Å². The minimum atomic E-state index is 0.0619. The van der Waals surface area contributed by atoms with Gasteiger partial charge in [-0.2, -0.15) is 0 Å². The first-order valence-corrected chi connectivity index (χ1v) is 8.19. The normalized spacial score (nSPS) is 24.0. The predicted molar refractivity (Wildman–Crippen MR) is 85.3 cm³/mol. The van der Waals surface area contributed by atoms with E-state index in [1.807, 2.05) is 6.07 Å². The maximum atomic E-state index is 6.13. The number of hydrazine groups is 1. The summed E-state index contributed by atoms with van der Waals surface area (Å²) in [6.45, 7) is 2.36. The molecule has 1 aromatic heterocycles. The van der Waals surface area contributed by atoms with Crippen molar-refractivity contribution in [2.24, 2.45) is 5.84 Å². The first kappa shape index (κ1) is 14.8. The van der Waals surface area contributed by atoms with Gasteiger partial charge in [-0.3, -0.25) is 16.2 Å². The van der Waals surface area contributed by atoms with Crippen LogP contribution in [0.25, 0.3) is 0 Å². The molecule has 0 amide bonds. The number of nitrogens with one attached hydrogen (secondary N) is 1. The third kappa shape index (κ3) is 2.65. The van der Waals surface area contributed by atoms with Gasteiger partial charge in [0.1, 0.15) is 5.82 Å². The lowest BCUT2D eigenvalue weighted by Crippen LogP contribution is -2.57. The molecule has 2 fully saturated rings. The Morgan fingerprint density at radius 2 is 1.86 bits per heavy atom. The van der Waals surface area contributed by atoms with Gasteiger partial charge < -0.3 is 5.73 Å². The molecule has 1 aliphatic carbocycles. The van der Waals surface area contributed by atoms with Gasteiger partial charge in [-0.1, -0.05) is 25.3 Å². The number of hydrogen-bond donors (Lipinski definition) is 3. The van der Waals surface area contributed by atoms with Crippen LogP contribution in [0.15, 0.2) is 18.3 Å². The highest BCUT2D eigenvalue weighted by atomic mass is 15.3. The van der Waals surface area contributed by atoms with Crippen LogP contribution in [0.4, 0.5) is 5.82 Å². The van der Waals surface area contributed by atoms with Crippen molar-refractivity contribution in [2.75, 3.05) is 18.8 Å². The zero-order valence-corrected chi connectivity index (χ0v) is 12.7. The van der Waals surface area contributed by atoms with E-state index in [9.17, 15) is 0 Å². The lowest BCUT2D eigenvalue weighted by molar-refractivity contribution is 0.0361. The van der Waals surface area contributed by atoms with Crippen LogP contribution >= 0.6 is 0 Å². The Balaban J connectivity index is 1.96. The quantitative estimate of drug-likeness (QED) is 0.583. The molecule has 2 heterocycles. The SMILES string of the molecule is NNC(c1cccnc1N)C1(N2CCCCC2)CCCC1. The van der Waals surface area contributed by atoms with E-state index in [0.717, 1.165) is 5.56 Å². The number of rotatable bonds is 4. The lowest BCUT2D eigenvalue weighted by Gasteiger charge is -2.48. The van der Waals surface area contributed by atoms with Crippen LogP contribution in [0.3, 0.4) is 0 Å². The van der Waals surface area contributed by atoms with Gasteiger partial charge in [0.15, 0.2) is 0 Å². The van der Waals surface area contributed by atoms with Crippen molar-refractivity contribution < 1.29 is 0 Å². The molecule has 1 saturated carbocycles. The lowest BCUT2D eigenvalue weighted by atomic mass is 9.81. The number of likely N-dealkylation sites (tertiary alicyclic amines) is 1. The zero-order valence-electron chi connectivity index (χ0n) is 12.7. The van der Waals surface area contributed by atoms with Gasteiger partial charge >= 0.3 is 0 Å². The molecule has 0 radical (unpaired) electrons. The molecule has 0 aromatic carbocycles. The van der Waals surface area contributed by atoms with Gasteiger partial charge in [-0.25, -0.2) is 4.98 Å². The molecule has 0 bridgehead atoms. The van der Waals surface area contributed by atoms with Crippen molar-refractivity contribution >= 4 is 5.82 Å². The summed E-state index contributed by atoms with van der Waals surface area (Å²) in [5.74, 6) is 6.59. The summed E-state index contributed by atoms with van der Waals surface area (Å²) in [4.78, 5) is 6.93. The van der Waals surface area contributed by atoms with Crippen LogP contribution in [-0.4, -0.2) is 28.5 Å². The number of pyridine rings is 1. The number of anilines is 1. The van der Waals surface area contributed by atoms with E-state index in [0.29, 0.717) is 5.82 Å². The molecule has 5 nitrogen and oxygen atoms in total. The first-order valence-electron chi connectivity index (χ1n) is 8.19. The maximum absolute atomic E-state index is 6.13. The summed E-state index contributed by atoms with van der Waals surface area (Å²) in [6, 6.07) is 4.08. The Hall–Kier alpha value is -1.17. The summed E-state index contributed by atoms with van der Waals surface area (Å²) in [5.41, 5.74) is 10.4. The van der Waals surface area contributed by atoms with E-state index < -0.39 is 0 Å². The molecule has 1 atom stereocenters. The minimum Gasteiger partial charge on any atom is -0.383 e. The molecule has 1 unspecified atom stereocenters. The monoisotopic (exact) mass is 289 g/mol. The van der Waals surface area contributed by atoms with Crippen LogP contribution < -0.4 is 17.0 Å². The fourth-order valence-electron chi connectivity index (χ4n) is 4.32. The standard InChI is InChI=1S/C16H27N5/c17-15-13(7-6-10-19-15)14(20-18)16(8-2-3-9-16)21-11-4-1-5-12-21/h6-7,10,14,20H,1-5,8-9,11-12,18H2,(H2,17,19). The van der Waals surface area contributed by atoms with E-state index in [1.54, 1.807) is 6.20 Å². The summed E-state index contributed by atoms with van der Waals surface area (Å²) in [7, 11) is 0. The summed E-state index contributed by atoms with van der Waals surface area (Å²) in [5, 5.41) is 0. The van der Waals surface area contributed by atoms with E-state index in [-0.39, 0.29) is 11.6 Å². The van der Waals surface area contributed by atoms with E-state index in [2.05, 4.69) is 21.4 Å². The number of nitrogens with zero attached hydrogens (tertiary/aromatic N) is 2. The highest BCUT2D eigenvalue weighted by Crippen LogP contribution is 2.46. The second-order valence-corrected chi connectivity index (χ2v) is 6.44. The van der Waals surface area contributed by atoms with E-state index >= 15 is 0 Å². The van der Waals surface area contributed by atoms with Gasteiger partial charge in [-0.15, -0.1) is 0 Å². The molecular weight excluding hydrogens is 262 g/mol. The molecule has 0 spiro atoms. The summed E-state index contributed by atoms with van der Waals surface area (Å²) < 4.78 is 0. The van der Waals surface area contributed by atoms with Crippen molar-refractivity contribution in [1.29, 1.82) is 0 Å². The first-order chi connectivity index (χ1) is 10.3. The number of nitrogen functional groups attached to an aromatic ring is 1. The average Bonchev–Trinajstić information content (AvgIpc) is 3.01. The van der Waals surface area contributed by atoms with Gasteiger partial charge in [0.25, 0.3) is 0 Å². The molecule has 1 saturated heterocycles. The van der Waals surface area contributed by atoms with Crippen molar-refractivity contribution in [3.63, 3.8) is 0 Å². The Bertz CT molecular complexity index is 463. The smallest absolute Gasteiger partial charge is 0.128 e. The van der Waals surface area contributed by atoms with Gasteiger partial charge in [-0.05, 0) is 44.8 Å². The van der Waals surface area contributed by atoms with Gasteiger partial charge in [0.2, 0.25) is 0 Å². The molecular formula is C16H27N5. The summed E-state index contributed by atoms with van der Waals surface area (Å²) in [6.07, 6.45) is 10.6. The predicted octanol–water partition coefficient (Wildman–Crippen LogP) is 1.97.